The Kier molecular flexibility index (Phi) is 2.51. The second-order valence-electron chi connectivity index (χ2n) is 2.30. The molecule has 0 spiro atoms. The first-order valence-corrected chi connectivity index (χ1v) is 4.80. The highest BCUT2D eigenvalue weighted by atomic mass is 32.2. The molecule has 0 aliphatic heterocycles. The molecule has 13 heavy (non-hydrogen) atoms. The van der Waals surface area contributed by atoms with Gasteiger partial charge in [-0.15, -0.1) is 0 Å². The molecule has 3 nitrogen and oxygen atoms in total. The minimum absolute atomic E-state index is 0.173. The molecule has 0 aliphatic rings. The van der Waals surface area contributed by atoms with Crippen LogP contribution in [0.25, 0.3) is 0 Å². The molecule has 1 N–H and O–H groups in total. The van der Waals surface area contributed by atoms with Crippen molar-refractivity contribution in [3.63, 3.8) is 0 Å². The van der Waals surface area contributed by atoms with Crippen molar-refractivity contribution in [2.24, 2.45) is 0 Å². The molecule has 1 aromatic carbocycles. The first-order chi connectivity index (χ1) is 5.94. The minimum atomic E-state index is -4.54. The van der Waals surface area contributed by atoms with Crippen LogP contribution < -0.4 is 0 Å². The Labute approximate surface area is 73.5 Å². The highest BCUT2D eigenvalue weighted by Crippen LogP contribution is 2.20. The smallest absolute Gasteiger partial charge is 0.341 e. The molecular weight excluding hydrogens is 202 g/mol. The number of rotatable bonds is 2. The van der Waals surface area contributed by atoms with Crippen LogP contribution in [0.2, 0.25) is 0 Å². The van der Waals surface area contributed by atoms with Gasteiger partial charge in [-0.1, -0.05) is 0 Å². The third kappa shape index (κ3) is 1.95. The highest BCUT2D eigenvalue weighted by molar-refractivity contribution is 7.91. The van der Waals surface area contributed by atoms with Gasteiger partial charge in [0.05, 0.1) is 4.90 Å². The summed E-state index contributed by atoms with van der Waals surface area (Å²) in [6.45, 7) is 0. The van der Waals surface area contributed by atoms with E-state index in [0.717, 1.165) is 24.3 Å². The topological polar surface area (TPSA) is 54.4 Å². The molecule has 0 radical (unpaired) electrons. The van der Waals surface area contributed by atoms with Crippen LogP contribution >= 0.6 is 0 Å². The average Bonchev–Trinajstić information content (AvgIpc) is 2.04. The van der Waals surface area contributed by atoms with Gasteiger partial charge >= 0.3 is 5.76 Å². The van der Waals surface area contributed by atoms with Crippen molar-refractivity contribution in [1.82, 2.24) is 0 Å². The molecule has 1 rings (SSSR count). The Bertz CT molecular complexity index is 383. The van der Waals surface area contributed by atoms with Gasteiger partial charge in [0.2, 0.25) is 9.84 Å². The molecule has 0 unspecified atom stereocenters. The Morgan fingerprint density at radius 3 is 2.00 bits per heavy atom. The molecule has 6 heteroatoms. The van der Waals surface area contributed by atoms with E-state index in [0.29, 0.717) is 0 Å². The molecule has 0 aromatic heterocycles. The number of hydrogen-bond acceptors (Lipinski definition) is 3. The van der Waals surface area contributed by atoms with Crippen LogP contribution in [0.4, 0.5) is 8.78 Å². The normalized spacial score (nSPS) is 11.9. The number of hydrogen-bond donors (Lipinski definition) is 1. The van der Waals surface area contributed by atoms with E-state index in [1.807, 2.05) is 0 Å². The summed E-state index contributed by atoms with van der Waals surface area (Å²) in [6.07, 6.45) is 0. The van der Waals surface area contributed by atoms with Gasteiger partial charge in [0, 0.05) is 0 Å². The quantitative estimate of drug-likeness (QED) is 0.798. The molecule has 0 bridgehead atoms. The maximum absolute atomic E-state index is 11.9. The van der Waals surface area contributed by atoms with Gasteiger partial charge < -0.3 is 5.11 Å². The summed E-state index contributed by atoms with van der Waals surface area (Å²) in [5.74, 6) is -3.61. The van der Waals surface area contributed by atoms with E-state index in [1.54, 1.807) is 0 Å². The monoisotopic (exact) mass is 208 g/mol. The third-order valence-electron chi connectivity index (χ3n) is 1.40. The molecule has 0 saturated carbocycles. The Morgan fingerprint density at radius 1 is 1.15 bits per heavy atom. The van der Waals surface area contributed by atoms with E-state index >= 15 is 0 Å². The van der Waals surface area contributed by atoms with Crippen LogP contribution in [0, 0.1) is 0 Å². The van der Waals surface area contributed by atoms with Crippen LogP contribution in [0.1, 0.15) is 0 Å². The highest BCUT2D eigenvalue weighted by Gasteiger charge is 2.25. The molecule has 0 heterocycles. The molecule has 1 aromatic rings. The molecule has 0 aliphatic carbocycles. The fourth-order valence-corrected chi connectivity index (χ4v) is 1.46. The molecule has 0 atom stereocenters. The van der Waals surface area contributed by atoms with Crippen molar-refractivity contribution >= 4 is 9.84 Å². The Hall–Kier alpha value is -1.17. The zero-order valence-corrected chi connectivity index (χ0v) is 7.13. The van der Waals surface area contributed by atoms with Gasteiger partial charge in [0.25, 0.3) is 0 Å². The average molecular weight is 208 g/mol. The van der Waals surface area contributed by atoms with Gasteiger partial charge in [0.1, 0.15) is 5.75 Å². The van der Waals surface area contributed by atoms with Crippen molar-refractivity contribution in [1.29, 1.82) is 0 Å². The zero-order valence-electron chi connectivity index (χ0n) is 6.31. The van der Waals surface area contributed by atoms with Crippen molar-refractivity contribution < 1.29 is 22.3 Å². The summed E-state index contributed by atoms with van der Waals surface area (Å²) < 4.78 is 45.5. The maximum atomic E-state index is 11.9. The number of sulfone groups is 1. The van der Waals surface area contributed by atoms with Crippen LogP contribution in [-0.4, -0.2) is 19.3 Å². The second-order valence-corrected chi connectivity index (χ2v) is 4.22. The lowest BCUT2D eigenvalue weighted by molar-refractivity contribution is 0.234. The SMILES string of the molecule is O=S(=O)(c1ccc(O)cc1)C(F)F. The van der Waals surface area contributed by atoms with E-state index in [-0.39, 0.29) is 5.75 Å². The Morgan fingerprint density at radius 2 is 1.62 bits per heavy atom. The fourth-order valence-electron chi connectivity index (χ4n) is 0.739. The predicted molar refractivity (Wildman–Crippen MR) is 41.3 cm³/mol. The van der Waals surface area contributed by atoms with Crippen LogP contribution in [0.15, 0.2) is 29.2 Å². The minimum Gasteiger partial charge on any atom is -0.508 e. The molecule has 0 saturated heterocycles. The molecule has 0 amide bonds. The summed E-state index contributed by atoms with van der Waals surface area (Å²) in [7, 11) is -4.54. The van der Waals surface area contributed by atoms with Crippen LogP contribution in [0.3, 0.4) is 0 Å². The molecule has 0 fully saturated rings. The number of phenols is 1. The van der Waals surface area contributed by atoms with Gasteiger partial charge in [-0.25, -0.2) is 8.42 Å². The van der Waals surface area contributed by atoms with Crippen molar-refractivity contribution in [2.45, 2.75) is 10.7 Å². The van der Waals surface area contributed by atoms with Crippen molar-refractivity contribution in [2.75, 3.05) is 0 Å². The number of aromatic hydroxyl groups is 1. The van der Waals surface area contributed by atoms with Gasteiger partial charge in [0.15, 0.2) is 0 Å². The number of halogens is 2. The van der Waals surface area contributed by atoms with E-state index in [9.17, 15) is 17.2 Å². The predicted octanol–water partition coefficient (Wildman–Crippen LogP) is 1.39. The number of phenolic OH excluding ortho intramolecular Hbond substituents is 1. The van der Waals surface area contributed by atoms with E-state index in [2.05, 4.69) is 0 Å². The lowest BCUT2D eigenvalue weighted by atomic mass is 10.3. The summed E-state index contributed by atoms with van der Waals surface area (Å²) in [5.41, 5.74) is 0. The maximum Gasteiger partial charge on any atom is 0.341 e. The van der Waals surface area contributed by atoms with Gasteiger partial charge in [-0.3, -0.25) is 0 Å². The standard InChI is InChI=1S/C7H6F2O3S/c8-7(9)13(11,12)6-3-1-5(10)2-4-6/h1-4,7,10H. The summed E-state index contributed by atoms with van der Waals surface area (Å²) in [4.78, 5) is -0.500. The fraction of sp³-hybridized carbons (Fsp3) is 0.143. The van der Waals surface area contributed by atoms with Crippen LogP contribution in [-0.2, 0) is 9.84 Å². The second kappa shape index (κ2) is 3.29. The summed E-state index contributed by atoms with van der Waals surface area (Å²) in [5, 5.41) is 8.78. The first kappa shape index (κ1) is 9.91. The van der Waals surface area contributed by atoms with E-state index in [1.165, 1.54) is 0 Å². The molecule has 72 valence electrons. The Balaban J connectivity index is 3.17. The number of alkyl halides is 2. The zero-order chi connectivity index (χ0) is 10.1. The lowest BCUT2D eigenvalue weighted by Gasteiger charge is -2.01. The van der Waals surface area contributed by atoms with E-state index < -0.39 is 20.5 Å². The number of benzene rings is 1. The van der Waals surface area contributed by atoms with Crippen molar-refractivity contribution in [3.05, 3.63) is 24.3 Å². The van der Waals surface area contributed by atoms with Crippen molar-refractivity contribution in [3.8, 4) is 5.75 Å². The lowest BCUT2D eigenvalue weighted by Crippen LogP contribution is -2.10. The first-order valence-electron chi connectivity index (χ1n) is 3.25. The van der Waals surface area contributed by atoms with Crippen LogP contribution in [0.5, 0.6) is 5.75 Å². The molecular formula is C7H6F2O3S. The third-order valence-corrected chi connectivity index (χ3v) is 2.80. The largest absolute Gasteiger partial charge is 0.508 e. The summed E-state index contributed by atoms with van der Waals surface area (Å²) in [6, 6.07) is 3.93. The summed E-state index contributed by atoms with van der Waals surface area (Å²) >= 11 is 0. The van der Waals surface area contributed by atoms with Gasteiger partial charge in [-0.05, 0) is 24.3 Å². The van der Waals surface area contributed by atoms with Gasteiger partial charge in [-0.2, -0.15) is 8.78 Å². The van der Waals surface area contributed by atoms with E-state index in [4.69, 9.17) is 5.11 Å².